The molecule has 1 N–H and O–H groups in total. The third kappa shape index (κ3) is 5.32. The van der Waals surface area contributed by atoms with Crippen molar-refractivity contribution in [2.24, 2.45) is 0 Å². The molecule has 2 aliphatic rings. The minimum absolute atomic E-state index is 0.0784. The van der Waals surface area contributed by atoms with E-state index in [0.717, 1.165) is 12.8 Å². The number of fused-ring (bicyclic) bond motifs is 1. The molecule has 0 unspecified atom stereocenters. The van der Waals surface area contributed by atoms with E-state index in [2.05, 4.69) is 24.8 Å². The second kappa shape index (κ2) is 8.99. The van der Waals surface area contributed by atoms with E-state index in [0.29, 0.717) is 59.8 Å². The number of hydrogen-bond donors (Lipinski definition) is 1. The molecular weight excluding hydrogens is 470 g/mol. The van der Waals surface area contributed by atoms with Crippen LogP contribution in [0.1, 0.15) is 50.3 Å². The Morgan fingerprint density at radius 3 is 2.49 bits per heavy atom. The average molecular weight is 498 g/mol. The van der Waals surface area contributed by atoms with Crippen LogP contribution in [0.3, 0.4) is 0 Å². The molecular formula is C24H28ClN7O3. The summed E-state index contributed by atoms with van der Waals surface area (Å²) in [5.74, 6) is 0.891. The number of nitrogens with zero attached hydrogens (tertiary/aromatic N) is 6. The van der Waals surface area contributed by atoms with E-state index in [4.69, 9.17) is 16.3 Å². The van der Waals surface area contributed by atoms with Crippen molar-refractivity contribution in [3.05, 3.63) is 41.6 Å². The maximum Gasteiger partial charge on any atom is 0.410 e. The molecule has 1 saturated heterocycles. The van der Waals surface area contributed by atoms with Crippen LogP contribution in [0.5, 0.6) is 0 Å². The summed E-state index contributed by atoms with van der Waals surface area (Å²) < 4.78 is 7.52. The van der Waals surface area contributed by atoms with Crippen molar-refractivity contribution in [1.29, 1.82) is 0 Å². The summed E-state index contributed by atoms with van der Waals surface area (Å²) >= 11 is 6.23. The monoisotopic (exact) mass is 497 g/mol. The summed E-state index contributed by atoms with van der Waals surface area (Å²) in [6.45, 7) is 7.00. The zero-order valence-electron chi connectivity index (χ0n) is 20.0. The van der Waals surface area contributed by atoms with Gasteiger partial charge < -0.3 is 24.4 Å². The largest absolute Gasteiger partial charge is 0.444 e. The van der Waals surface area contributed by atoms with E-state index in [1.165, 1.54) is 0 Å². The lowest BCUT2D eigenvalue weighted by atomic mass is 10.2. The van der Waals surface area contributed by atoms with E-state index >= 15 is 0 Å². The lowest BCUT2D eigenvalue weighted by molar-refractivity contribution is 0.0139. The third-order valence-corrected chi connectivity index (χ3v) is 6.12. The number of carbonyl (C=O) groups excluding carboxylic acids is 2. The van der Waals surface area contributed by atoms with Gasteiger partial charge in [-0.05, 0) is 51.8 Å². The van der Waals surface area contributed by atoms with Gasteiger partial charge in [0.2, 0.25) is 5.82 Å². The first-order valence-electron chi connectivity index (χ1n) is 11.7. The molecule has 184 valence electrons. The van der Waals surface area contributed by atoms with Crippen LogP contribution >= 0.6 is 11.6 Å². The van der Waals surface area contributed by atoms with Crippen LogP contribution in [-0.2, 0) is 4.74 Å². The van der Waals surface area contributed by atoms with Gasteiger partial charge in [-0.15, -0.1) is 0 Å². The third-order valence-electron chi connectivity index (χ3n) is 5.88. The summed E-state index contributed by atoms with van der Waals surface area (Å²) in [6.07, 6.45) is 5.67. The molecule has 0 spiro atoms. The molecule has 1 aliphatic heterocycles. The number of ether oxygens (including phenoxy) is 1. The molecule has 3 heterocycles. The minimum atomic E-state index is -0.566. The Bertz CT molecular complexity index is 1270. The zero-order valence-corrected chi connectivity index (χ0v) is 20.7. The Kier molecular flexibility index (Phi) is 6.00. The number of rotatable bonds is 4. The normalized spacial score (nSPS) is 16.5. The van der Waals surface area contributed by atoms with Gasteiger partial charge in [-0.25, -0.2) is 19.7 Å². The summed E-state index contributed by atoms with van der Waals surface area (Å²) in [5.41, 5.74) is 0.0355. The number of hydrogen-bond acceptors (Lipinski definition) is 7. The summed E-state index contributed by atoms with van der Waals surface area (Å²) in [7, 11) is 0. The fourth-order valence-corrected chi connectivity index (χ4v) is 4.12. The predicted molar refractivity (Wildman–Crippen MR) is 132 cm³/mol. The van der Waals surface area contributed by atoms with Crippen molar-refractivity contribution in [1.82, 2.24) is 29.3 Å². The van der Waals surface area contributed by atoms with Gasteiger partial charge in [-0.1, -0.05) is 11.6 Å². The van der Waals surface area contributed by atoms with E-state index < -0.39 is 5.60 Å². The number of anilines is 2. The van der Waals surface area contributed by atoms with E-state index in [1.54, 1.807) is 34.3 Å². The van der Waals surface area contributed by atoms with Crippen molar-refractivity contribution >= 4 is 46.1 Å². The molecule has 0 radical (unpaired) electrons. The zero-order chi connectivity index (χ0) is 24.7. The highest BCUT2D eigenvalue weighted by atomic mass is 35.5. The second-order valence-corrected chi connectivity index (χ2v) is 10.3. The van der Waals surface area contributed by atoms with Gasteiger partial charge in [-0.3, -0.25) is 4.79 Å². The molecule has 1 saturated carbocycles. The van der Waals surface area contributed by atoms with Crippen molar-refractivity contribution in [3.63, 3.8) is 0 Å². The van der Waals surface area contributed by atoms with Gasteiger partial charge in [0.25, 0.3) is 5.91 Å². The number of piperazine rings is 1. The number of carbonyl (C=O) groups is 2. The highest BCUT2D eigenvalue weighted by Gasteiger charge is 2.30. The van der Waals surface area contributed by atoms with Gasteiger partial charge >= 0.3 is 6.09 Å². The van der Waals surface area contributed by atoms with E-state index in [-0.39, 0.29) is 17.8 Å². The summed E-state index contributed by atoms with van der Waals surface area (Å²) in [6, 6.07) is 5.78. The topological polar surface area (TPSA) is 105 Å². The second-order valence-electron chi connectivity index (χ2n) is 9.88. The van der Waals surface area contributed by atoms with Crippen molar-refractivity contribution in [2.45, 2.75) is 45.3 Å². The Hall–Kier alpha value is -3.40. The molecule has 2 amide bonds. The fraction of sp³-hybridized carbons (Fsp3) is 0.458. The molecule has 1 aliphatic carbocycles. The average Bonchev–Trinajstić information content (AvgIpc) is 3.56. The lowest BCUT2D eigenvalue weighted by Crippen LogP contribution is -2.51. The first-order valence-corrected chi connectivity index (χ1v) is 12.1. The number of benzene rings is 1. The molecule has 10 nitrogen and oxygen atoms in total. The first kappa shape index (κ1) is 23.3. The Balaban J connectivity index is 1.35. The van der Waals surface area contributed by atoms with Crippen LogP contribution in [0.15, 0.2) is 30.7 Å². The van der Waals surface area contributed by atoms with Gasteiger partial charge in [0, 0.05) is 48.8 Å². The maximum absolute atomic E-state index is 13.3. The number of aromatic nitrogens is 4. The number of nitrogens with one attached hydrogen (secondary N) is 1. The van der Waals surface area contributed by atoms with Gasteiger partial charge in [0.15, 0.2) is 0 Å². The van der Waals surface area contributed by atoms with Crippen LogP contribution in [0, 0.1) is 0 Å². The quantitative estimate of drug-likeness (QED) is 0.574. The highest BCUT2D eigenvalue weighted by Crippen LogP contribution is 2.35. The SMILES string of the molecule is CC(C)(C)OC(=O)N1CCN(C(=O)c2nc(Nc3cn(C4CC4)cn3)c3cc(Cl)ccc3n2)CC1. The standard InChI is InChI=1S/C24H28ClN7O3/c1-24(2,3)35-23(34)31-10-8-30(9-11-31)22(33)21-27-18-7-4-15(25)12-17(18)20(29-21)28-19-13-32(14-26-19)16-5-6-16/h4,7,12-14,16H,5-6,8-11H2,1-3H3,(H,27,28,29). The smallest absolute Gasteiger partial charge is 0.410 e. The minimum Gasteiger partial charge on any atom is -0.444 e. The maximum atomic E-state index is 13.3. The first-order chi connectivity index (χ1) is 16.7. The number of imidazole rings is 1. The molecule has 0 bridgehead atoms. The van der Waals surface area contributed by atoms with Crippen LogP contribution in [0.25, 0.3) is 10.9 Å². The Morgan fingerprint density at radius 2 is 1.80 bits per heavy atom. The molecule has 2 fully saturated rings. The highest BCUT2D eigenvalue weighted by molar-refractivity contribution is 6.31. The summed E-state index contributed by atoms with van der Waals surface area (Å²) in [4.78, 5) is 42.4. The van der Waals surface area contributed by atoms with Gasteiger partial charge in [0.1, 0.15) is 17.2 Å². The predicted octanol–water partition coefficient (Wildman–Crippen LogP) is 4.25. The fourth-order valence-electron chi connectivity index (χ4n) is 3.95. The van der Waals surface area contributed by atoms with Gasteiger partial charge in [0.05, 0.1) is 11.8 Å². The molecule has 2 aromatic heterocycles. The molecule has 1 aromatic carbocycles. The Morgan fingerprint density at radius 1 is 1.09 bits per heavy atom. The molecule has 3 aromatic rings. The van der Waals surface area contributed by atoms with Crippen LogP contribution in [0.2, 0.25) is 5.02 Å². The van der Waals surface area contributed by atoms with Crippen molar-refractivity contribution in [3.8, 4) is 0 Å². The van der Waals surface area contributed by atoms with E-state index in [9.17, 15) is 9.59 Å². The Labute approximate surface area is 208 Å². The summed E-state index contributed by atoms with van der Waals surface area (Å²) in [5, 5.41) is 4.48. The van der Waals surface area contributed by atoms with Crippen LogP contribution in [0.4, 0.5) is 16.4 Å². The molecule has 35 heavy (non-hydrogen) atoms. The molecule has 5 rings (SSSR count). The molecule has 11 heteroatoms. The number of halogens is 1. The van der Waals surface area contributed by atoms with Crippen LogP contribution < -0.4 is 5.32 Å². The van der Waals surface area contributed by atoms with Crippen LogP contribution in [-0.4, -0.2) is 73.1 Å². The van der Waals surface area contributed by atoms with Gasteiger partial charge in [-0.2, -0.15) is 0 Å². The lowest BCUT2D eigenvalue weighted by Gasteiger charge is -2.35. The number of amides is 2. The van der Waals surface area contributed by atoms with E-state index in [1.807, 2.05) is 27.0 Å². The van der Waals surface area contributed by atoms with Crippen molar-refractivity contribution in [2.75, 3.05) is 31.5 Å². The van der Waals surface area contributed by atoms with Crippen molar-refractivity contribution < 1.29 is 14.3 Å². The molecule has 0 atom stereocenters.